The fraction of sp³-hybridized carbons (Fsp3) is 0.158. The zero-order chi connectivity index (χ0) is 19.2. The molecule has 5 nitrogen and oxygen atoms in total. The van der Waals surface area contributed by atoms with Gasteiger partial charge in [0.2, 0.25) is 5.91 Å². The number of rotatable bonds is 7. The van der Waals surface area contributed by atoms with Crippen LogP contribution in [0, 0.1) is 5.82 Å². The van der Waals surface area contributed by atoms with Crippen LogP contribution in [-0.2, 0) is 17.9 Å². The highest BCUT2D eigenvalue weighted by Crippen LogP contribution is 2.22. The summed E-state index contributed by atoms with van der Waals surface area (Å²) in [5, 5.41) is 13.3. The van der Waals surface area contributed by atoms with Crippen molar-refractivity contribution in [1.82, 2.24) is 9.55 Å². The van der Waals surface area contributed by atoms with E-state index in [0.29, 0.717) is 22.4 Å². The zero-order valence-electron chi connectivity index (χ0n) is 14.2. The summed E-state index contributed by atoms with van der Waals surface area (Å²) in [6.45, 7) is 0.326. The van der Waals surface area contributed by atoms with Gasteiger partial charge in [-0.25, -0.2) is 9.37 Å². The lowest BCUT2D eigenvalue weighted by Gasteiger charge is -2.11. The minimum absolute atomic E-state index is 0.0663. The van der Waals surface area contributed by atoms with Gasteiger partial charge in [0, 0.05) is 11.6 Å². The lowest BCUT2D eigenvalue weighted by Crippen LogP contribution is -2.16. The highest BCUT2D eigenvalue weighted by molar-refractivity contribution is 7.99. The van der Waals surface area contributed by atoms with Crippen molar-refractivity contribution in [3.8, 4) is 0 Å². The number of carbonyl (C=O) groups is 1. The lowest BCUT2D eigenvalue weighted by atomic mass is 10.2. The number of anilines is 1. The fourth-order valence-electron chi connectivity index (χ4n) is 2.45. The maximum Gasteiger partial charge on any atom is 0.234 e. The number of thioether (sulfide) groups is 1. The first-order chi connectivity index (χ1) is 13.1. The third-order valence-corrected chi connectivity index (χ3v) is 5.04. The number of benzene rings is 2. The monoisotopic (exact) mass is 405 g/mol. The summed E-state index contributed by atoms with van der Waals surface area (Å²) in [5.74, 6) is -0.754. The number of nitrogens with one attached hydrogen (secondary N) is 1. The number of para-hydroxylation sites is 1. The largest absolute Gasteiger partial charge is 0.390 e. The Morgan fingerprint density at radius 3 is 2.67 bits per heavy atom. The third-order valence-electron chi connectivity index (χ3n) is 3.80. The molecule has 0 atom stereocenters. The number of hydrogen-bond acceptors (Lipinski definition) is 4. The molecule has 8 heteroatoms. The second-order valence-electron chi connectivity index (χ2n) is 5.72. The number of imidazole rings is 1. The quantitative estimate of drug-likeness (QED) is 0.584. The van der Waals surface area contributed by atoms with Crippen LogP contribution in [0.15, 0.2) is 59.9 Å². The molecule has 0 saturated heterocycles. The SMILES string of the molecule is O=C(CSc1ncc(CO)n1Cc1ccc(Cl)cc1)Nc1ccccc1F. The summed E-state index contributed by atoms with van der Waals surface area (Å²) in [6, 6.07) is 13.4. The van der Waals surface area contributed by atoms with E-state index in [1.807, 2.05) is 16.7 Å². The molecule has 0 saturated carbocycles. The van der Waals surface area contributed by atoms with Crippen molar-refractivity contribution in [2.24, 2.45) is 0 Å². The van der Waals surface area contributed by atoms with Gasteiger partial charge >= 0.3 is 0 Å². The molecule has 0 spiro atoms. The molecule has 27 heavy (non-hydrogen) atoms. The second kappa shape index (κ2) is 9.03. The maximum atomic E-state index is 13.6. The molecule has 0 bridgehead atoms. The predicted molar refractivity (Wildman–Crippen MR) is 104 cm³/mol. The number of carbonyl (C=O) groups excluding carboxylic acids is 1. The molecule has 0 aliphatic heterocycles. The van der Waals surface area contributed by atoms with Crippen LogP contribution >= 0.6 is 23.4 Å². The van der Waals surface area contributed by atoms with Gasteiger partial charge in [-0.15, -0.1) is 0 Å². The van der Waals surface area contributed by atoms with Gasteiger partial charge in [-0.05, 0) is 29.8 Å². The Kier molecular flexibility index (Phi) is 6.49. The fourth-order valence-corrected chi connectivity index (χ4v) is 3.38. The zero-order valence-corrected chi connectivity index (χ0v) is 15.8. The van der Waals surface area contributed by atoms with E-state index in [9.17, 15) is 14.3 Å². The molecule has 1 amide bonds. The first-order valence-electron chi connectivity index (χ1n) is 8.13. The van der Waals surface area contributed by atoms with E-state index in [1.165, 1.54) is 23.9 Å². The number of aliphatic hydroxyl groups is 1. The van der Waals surface area contributed by atoms with Crippen LogP contribution in [-0.4, -0.2) is 26.3 Å². The molecule has 140 valence electrons. The van der Waals surface area contributed by atoms with Gasteiger partial charge < -0.3 is 15.0 Å². The first kappa shape index (κ1) is 19.4. The Labute approximate surface area is 165 Å². The highest BCUT2D eigenvalue weighted by Gasteiger charge is 2.13. The third kappa shape index (κ3) is 5.09. The van der Waals surface area contributed by atoms with E-state index in [0.717, 1.165) is 5.56 Å². The van der Waals surface area contributed by atoms with E-state index in [-0.39, 0.29) is 24.0 Å². The van der Waals surface area contributed by atoms with Crippen LogP contribution in [0.2, 0.25) is 5.02 Å². The molecular weight excluding hydrogens is 389 g/mol. The van der Waals surface area contributed by atoms with Gasteiger partial charge in [0.25, 0.3) is 0 Å². The molecule has 1 heterocycles. The van der Waals surface area contributed by atoms with Crippen molar-refractivity contribution >= 4 is 35.0 Å². The molecule has 2 N–H and O–H groups in total. The summed E-state index contributed by atoms with van der Waals surface area (Å²) < 4.78 is 15.5. The Hall–Kier alpha value is -2.35. The number of hydrogen-bond donors (Lipinski definition) is 2. The van der Waals surface area contributed by atoms with Gasteiger partial charge in [-0.3, -0.25) is 4.79 Å². The Bertz CT molecular complexity index is 931. The number of aromatic nitrogens is 2. The molecule has 3 aromatic rings. The number of aliphatic hydroxyl groups excluding tert-OH is 1. The van der Waals surface area contributed by atoms with Crippen LogP contribution < -0.4 is 5.32 Å². The smallest absolute Gasteiger partial charge is 0.234 e. The van der Waals surface area contributed by atoms with Crippen LogP contribution in [0.25, 0.3) is 0 Å². The average Bonchev–Trinajstić information content (AvgIpc) is 3.05. The topological polar surface area (TPSA) is 67.1 Å². The second-order valence-corrected chi connectivity index (χ2v) is 7.10. The molecule has 1 aromatic heterocycles. The van der Waals surface area contributed by atoms with Crippen LogP contribution in [0.3, 0.4) is 0 Å². The van der Waals surface area contributed by atoms with Crippen molar-refractivity contribution in [1.29, 1.82) is 0 Å². The molecule has 0 unspecified atom stereocenters. The average molecular weight is 406 g/mol. The molecular formula is C19H17ClFN3O2S. The highest BCUT2D eigenvalue weighted by atomic mass is 35.5. The summed E-state index contributed by atoms with van der Waals surface area (Å²) >= 11 is 7.13. The molecule has 0 aliphatic rings. The molecule has 3 rings (SSSR count). The Morgan fingerprint density at radius 2 is 1.96 bits per heavy atom. The van der Waals surface area contributed by atoms with Crippen LogP contribution in [0.5, 0.6) is 0 Å². The van der Waals surface area contributed by atoms with E-state index < -0.39 is 5.82 Å². The number of amides is 1. The van der Waals surface area contributed by atoms with Crippen LogP contribution in [0.1, 0.15) is 11.3 Å². The predicted octanol–water partition coefficient (Wildman–Crippen LogP) is 3.95. The van der Waals surface area contributed by atoms with Crippen molar-refractivity contribution in [3.05, 3.63) is 76.8 Å². The van der Waals surface area contributed by atoms with Gasteiger partial charge in [0.1, 0.15) is 5.82 Å². The number of nitrogens with zero attached hydrogens (tertiary/aromatic N) is 2. The maximum absolute atomic E-state index is 13.6. The van der Waals surface area contributed by atoms with Gasteiger partial charge in [0.05, 0.1) is 29.9 Å². The normalized spacial score (nSPS) is 10.8. The minimum Gasteiger partial charge on any atom is -0.390 e. The summed E-state index contributed by atoms with van der Waals surface area (Å²) in [5.41, 5.74) is 1.77. The van der Waals surface area contributed by atoms with E-state index in [2.05, 4.69) is 10.3 Å². The summed E-state index contributed by atoms with van der Waals surface area (Å²) in [4.78, 5) is 16.4. The van der Waals surface area contributed by atoms with E-state index in [4.69, 9.17) is 11.6 Å². The standard InChI is InChI=1S/C19H17ClFN3O2S/c20-14-7-5-13(6-8-14)10-24-15(11-25)9-22-19(24)27-12-18(26)23-17-4-2-1-3-16(17)21/h1-9,25H,10-12H2,(H,23,26). The minimum atomic E-state index is -0.484. The summed E-state index contributed by atoms with van der Waals surface area (Å²) in [6.07, 6.45) is 1.58. The van der Waals surface area contributed by atoms with Gasteiger partial charge in [-0.2, -0.15) is 0 Å². The van der Waals surface area contributed by atoms with Gasteiger partial charge in [0.15, 0.2) is 5.16 Å². The van der Waals surface area contributed by atoms with E-state index in [1.54, 1.807) is 30.5 Å². The number of halogens is 2. The lowest BCUT2D eigenvalue weighted by molar-refractivity contribution is -0.113. The Morgan fingerprint density at radius 1 is 1.22 bits per heavy atom. The molecule has 0 radical (unpaired) electrons. The van der Waals surface area contributed by atoms with Crippen molar-refractivity contribution in [2.75, 3.05) is 11.1 Å². The molecule has 2 aromatic carbocycles. The molecule has 0 aliphatic carbocycles. The van der Waals surface area contributed by atoms with Crippen LogP contribution in [0.4, 0.5) is 10.1 Å². The van der Waals surface area contributed by atoms with Crippen molar-refractivity contribution in [3.63, 3.8) is 0 Å². The van der Waals surface area contributed by atoms with E-state index >= 15 is 0 Å². The first-order valence-corrected chi connectivity index (χ1v) is 9.50. The van der Waals surface area contributed by atoms with Gasteiger partial charge in [-0.1, -0.05) is 47.6 Å². The summed E-state index contributed by atoms with van der Waals surface area (Å²) in [7, 11) is 0. The Balaban J connectivity index is 1.68. The van der Waals surface area contributed by atoms with Crippen molar-refractivity contribution < 1.29 is 14.3 Å². The van der Waals surface area contributed by atoms with Crippen molar-refractivity contribution in [2.45, 2.75) is 18.3 Å². The molecule has 0 fully saturated rings.